The largest absolute Gasteiger partial charge is 0.506 e. The average molecular weight is 320 g/mol. The first kappa shape index (κ1) is 18.4. The summed E-state index contributed by atoms with van der Waals surface area (Å²) in [6, 6.07) is 0. The Balaban J connectivity index is 5.81. The van der Waals surface area contributed by atoms with Crippen LogP contribution in [0.15, 0.2) is 11.8 Å². The Hall–Kier alpha value is -1.62. The second-order valence-electron chi connectivity index (χ2n) is 3.27. The molecule has 0 radical (unpaired) electrons. The molecule has 0 aliphatic rings. The van der Waals surface area contributed by atoms with Gasteiger partial charge in [-0.25, -0.2) is 4.79 Å². The van der Waals surface area contributed by atoms with Crippen molar-refractivity contribution in [2.45, 2.75) is 23.9 Å². The third kappa shape index (κ3) is 2.77. The number of aliphatic hydroxyl groups excluding tert-OH is 1. The SMILES string of the molecule is COC(=O)/C=C(\O)C(F)(F)C(F)(F)C(F)(F)C(F)(F)F. The molecule has 0 bridgehead atoms. The Kier molecular flexibility index (Phi) is 4.64. The summed E-state index contributed by atoms with van der Waals surface area (Å²) in [7, 11) is 0.548. The Labute approximate surface area is 104 Å². The van der Waals surface area contributed by atoms with Crippen LogP contribution in [0.25, 0.3) is 0 Å². The summed E-state index contributed by atoms with van der Waals surface area (Å²) >= 11 is 0. The normalized spacial score (nSPS) is 15.2. The van der Waals surface area contributed by atoms with Gasteiger partial charge in [-0.2, -0.15) is 39.5 Å². The fourth-order valence-corrected chi connectivity index (χ4v) is 0.797. The Morgan fingerprint density at radius 1 is 0.950 bits per heavy atom. The molecular weight excluding hydrogens is 315 g/mol. The first-order chi connectivity index (χ1) is 8.63. The van der Waals surface area contributed by atoms with Crippen LogP contribution in [-0.2, 0) is 9.53 Å². The molecule has 0 aliphatic heterocycles. The van der Waals surface area contributed by atoms with Gasteiger partial charge >= 0.3 is 29.9 Å². The van der Waals surface area contributed by atoms with E-state index in [0.29, 0.717) is 7.11 Å². The van der Waals surface area contributed by atoms with E-state index in [2.05, 4.69) is 4.74 Å². The summed E-state index contributed by atoms with van der Waals surface area (Å²) in [5.41, 5.74) is 0. The predicted molar refractivity (Wildman–Crippen MR) is 43.6 cm³/mol. The van der Waals surface area contributed by atoms with Crippen molar-refractivity contribution in [1.29, 1.82) is 0 Å². The van der Waals surface area contributed by atoms with Gasteiger partial charge in [-0.05, 0) is 0 Å². The molecule has 0 amide bonds. The molecule has 0 aliphatic carbocycles. The number of hydrogen-bond acceptors (Lipinski definition) is 3. The lowest BCUT2D eigenvalue weighted by molar-refractivity contribution is -0.392. The molecule has 1 N–H and O–H groups in total. The maximum Gasteiger partial charge on any atom is 0.460 e. The number of hydrogen-bond donors (Lipinski definition) is 1. The molecule has 0 aromatic rings. The van der Waals surface area contributed by atoms with Gasteiger partial charge in [-0.1, -0.05) is 0 Å². The van der Waals surface area contributed by atoms with Crippen LogP contribution in [0.3, 0.4) is 0 Å². The minimum absolute atomic E-state index is 0.548. The lowest BCUT2D eigenvalue weighted by Crippen LogP contribution is -2.61. The van der Waals surface area contributed by atoms with E-state index in [4.69, 9.17) is 5.11 Å². The van der Waals surface area contributed by atoms with E-state index in [0.717, 1.165) is 0 Å². The Morgan fingerprint density at radius 3 is 1.65 bits per heavy atom. The number of ether oxygens (including phenoxy) is 1. The zero-order valence-electron chi connectivity index (χ0n) is 9.24. The highest BCUT2D eigenvalue weighted by atomic mass is 19.4. The molecule has 0 atom stereocenters. The van der Waals surface area contributed by atoms with Gasteiger partial charge in [-0.3, -0.25) is 0 Å². The number of rotatable bonds is 4. The van der Waals surface area contributed by atoms with Gasteiger partial charge in [0.2, 0.25) is 0 Å². The molecule has 0 rings (SSSR count). The average Bonchev–Trinajstić information content (AvgIpc) is 2.26. The van der Waals surface area contributed by atoms with Gasteiger partial charge < -0.3 is 9.84 Å². The molecule has 0 fully saturated rings. The molecule has 20 heavy (non-hydrogen) atoms. The van der Waals surface area contributed by atoms with Crippen molar-refractivity contribution in [2.75, 3.05) is 7.11 Å². The van der Waals surface area contributed by atoms with Crippen LogP contribution >= 0.6 is 0 Å². The van der Waals surface area contributed by atoms with Crippen molar-refractivity contribution in [3.8, 4) is 0 Å². The van der Waals surface area contributed by atoms with Gasteiger partial charge in [0.05, 0.1) is 13.2 Å². The number of allylic oxidation sites excluding steroid dienone is 1. The maximum atomic E-state index is 12.9. The van der Waals surface area contributed by atoms with Crippen LogP contribution in [0.4, 0.5) is 39.5 Å². The maximum absolute atomic E-state index is 12.9. The Bertz CT molecular complexity index is 410. The van der Waals surface area contributed by atoms with Crippen LogP contribution in [-0.4, -0.2) is 42.1 Å². The highest BCUT2D eigenvalue weighted by molar-refractivity contribution is 5.82. The molecule has 0 aromatic heterocycles. The first-order valence-electron chi connectivity index (χ1n) is 4.32. The van der Waals surface area contributed by atoms with Gasteiger partial charge in [0.15, 0.2) is 5.76 Å². The van der Waals surface area contributed by atoms with Gasteiger partial charge in [-0.15, -0.1) is 0 Å². The Morgan fingerprint density at radius 2 is 1.35 bits per heavy atom. The zero-order valence-corrected chi connectivity index (χ0v) is 9.24. The fourth-order valence-electron chi connectivity index (χ4n) is 0.797. The third-order valence-electron chi connectivity index (χ3n) is 1.92. The van der Waals surface area contributed by atoms with Crippen LogP contribution in [0.5, 0.6) is 0 Å². The second-order valence-corrected chi connectivity index (χ2v) is 3.27. The quantitative estimate of drug-likeness (QED) is 0.375. The molecule has 12 heteroatoms. The van der Waals surface area contributed by atoms with Crippen molar-refractivity contribution in [3.05, 3.63) is 11.8 Å². The summed E-state index contributed by atoms with van der Waals surface area (Å²) in [4.78, 5) is 10.4. The number of esters is 1. The summed E-state index contributed by atoms with van der Waals surface area (Å²) in [6.07, 6.45) is -7.76. The molecule has 0 heterocycles. The monoisotopic (exact) mass is 320 g/mol. The highest BCUT2D eigenvalue weighted by Gasteiger charge is 2.82. The molecular formula is C8H5F9O3. The van der Waals surface area contributed by atoms with E-state index in [1.807, 2.05) is 0 Å². The molecule has 0 spiro atoms. The number of carbonyl (C=O) groups excluding carboxylic acids is 1. The molecule has 3 nitrogen and oxygen atoms in total. The second kappa shape index (κ2) is 5.05. The van der Waals surface area contributed by atoms with Gasteiger partial charge in [0, 0.05) is 0 Å². The van der Waals surface area contributed by atoms with Crippen molar-refractivity contribution in [2.24, 2.45) is 0 Å². The third-order valence-corrected chi connectivity index (χ3v) is 1.92. The lowest BCUT2D eigenvalue weighted by Gasteiger charge is -2.33. The topological polar surface area (TPSA) is 46.5 Å². The number of aliphatic hydroxyl groups is 1. The highest BCUT2D eigenvalue weighted by Crippen LogP contribution is 2.54. The van der Waals surface area contributed by atoms with E-state index in [1.165, 1.54) is 0 Å². The van der Waals surface area contributed by atoms with Crippen LogP contribution in [0.2, 0.25) is 0 Å². The summed E-state index contributed by atoms with van der Waals surface area (Å²) in [5.74, 6) is -25.4. The van der Waals surface area contributed by atoms with Crippen molar-refractivity contribution in [1.82, 2.24) is 0 Å². The van der Waals surface area contributed by atoms with Crippen molar-refractivity contribution in [3.63, 3.8) is 0 Å². The van der Waals surface area contributed by atoms with Crippen LogP contribution in [0.1, 0.15) is 0 Å². The number of alkyl halides is 9. The predicted octanol–water partition coefficient (Wildman–Crippen LogP) is 3.07. The molecule has 0 unspecified atom stereocenters. The van der Waals surface area contributed by atoms with Crippen molar-refractivity contribution >= 4 is 5.97 Å². The van der Waals surface area contributed by atoms with Crippen molar-refractivity contribution < 1.29 is 54.2 Å². The van der Waals surface area contributed by atoms with Gasteiger partial charge in [0.25, 0.3) is 0 Å². The molecule has 0 saturated carbocycles. The number of halogens is 9. The zero-order chi connectivity index (χ0) is 16.6. The van der Waals surface area contributed by atoms with E-state index >= 15 is 0 Å². The van der Waals surface area contributed by atoms with E-state index in [-0.39, 0.29) is 0 Å². The van der Waals surface area contributed by atoms with Crippen LogP contribution in [0, 0.1) is 0 Å². The van der Waals surface area contributed by atoms with E-state index in [9.17, 15) is 44.3 Å². The molecule has 0 saturated heterocycles. The summed E-state index contributed by atoms with van der Waals surface area (Å²) in [5, 5.41) is 8.47. The standard InChI is InChI=1S/C8H5F9O3/c1-20-4(19)2-3(18)5(9,10)6(11,12)7(13,14)8(15,16)17/h2,18H,1H3/b3-2-. The molecule has 0 aromatic carbocycles. The summed E-state index contributed by atoms with van der Waals surface area (Å²) < 4.78 is 115. The number of carbonyl (C=O) groups is 1. The fraction of sp³-hybridized carbons (Fsp3) is 0.625. The minimum atomic E-state index is -7.15. The van der Waals surface area contributed by atoms with Gasteiger partial charge in [0.1, 0.15) is 0 Å². The number of methoxy groups -OCH3 is 1. The lowest BCUT2D eigenvalue weighted by atomic mass is 10.0. The first-order valence-corrected chi connectivity index (χ1v) is 4.32. The minimum Gasteiger partial charge on any atom is -0.506 e. The molecule has 118 valence electrons. The van der Waals surface area contributed by atoms with E-state index in [1.54, 1.807) is 0 Å². The van der Waals surface area contributed by atoms with Crippen LogP contribution < -0.4 is 0 Å². The summed E-state index contributed by atoms with van der Waals surface area (Å²) in [6.45, 7) is 0. The van der Waals surface area contributed by atoms with E-state index < -0.39 is 41.7 Å². The smallest absolute Gasteiger partial charge is 0.460 e.